The molecule has 0 aromatic heterocycles. The Morgan fingerprint density at radius 2 is 1.75 bits per heavy atom. The second-order valence-corrected chi connectivity index (χ2v) is 8.42. The fraction of sp³-hybridized carbons (Fsp3) is 0.438. The first-order chi connectivity index (χ1) is 11.6. The van der Waals surface area contributed by atoms with Gasteiger partial charge in [-0.2, -0.15) is 0 Å². The Morgan fingerprint density at radius 3 is 2.25 bits per heavy atom. The molecule has 158 valence electrons. The quantitative estimate of drug-likeness (QED) is 0.384. The minimum atomic E-state index is -1.06. The van der Waals surface area contributed by atoms with Gasteiger partial charge in [0.25, 0.3) is 0 Å². The molecule has 4 atom stereocenters. The van der Waals surface area contributed by atoms with Gasteiger partial charge in [0.05, 0.1) is 0 Å². The van der Waals surface area contributed by atoms with Crippen molar-refractivity contribution in [1.82, 2.24) is 10.2 Å². The number of fused-ring (bicyclic) bond motifs is 1. The molecule has 11 nitrogen and oxygen atoms in total. The number of benzene rings is 1. The number of β-lactam (4-membered cyclic amide) rings is 1. The molecule has 0 spiro atoms. The van der Waals surface area contributed by atoms with E-state index in [2.05, 4.69) is 5.32 Å². The topological polar surface area (TPSA) is 227 Å². The molecule has 12 heteroatoms. The standard InChI is InChI=1S/C16H19N3O5S.3H2O/c1-16(2)11(15(23)24)19-13(22)10(14(19)25-16)18-12(21)9(17)7-3-5-8(20)6-4-7;;;/h3-6,9-11,14,20H,17H2,1-2H3,(H,18,21)(H,23,24);3*1H2/t9-,10+,11+,14-;;;/m1.../s1. The van der Waals surface area contributed by atoms with Crippen LogP contribution >= 0.6 is 11.8 Å². The Kier molecular flexibility index (Phi) is 8.01. The Hall–Kier alpha value is -2.38. The fourth-order valence-electron chi connectivity index (χ4n) is 3.22. The number of carbonyl (C=O) groups is 3. The molecule has 0 unspecified atom stereocenters. The van der Waals surface area contributed by atoms with Crippen molar-refractivity contribution in [2.45, 2.75) is 42.1 Å². The molecule has 0 radical (unpaired) electrons. The van der Waals surface area contributed by atoms with Gasteiger partial charge in [-0.3, -0.25) is 9.59 Å². The van der Waals surface area contributed by atoms with Crippen molar-refractivity contribution in [3.05, 3.63) is 29.8 Å². The van der Waals surface area contributed by atoms with E-state index in [1.54, 1.807) is 13.8 Å². The highest BCUT2D eigenvalue weighted by molar-refractivity contribution is 8.01. The lowest BCUT2D eigenvalue weighted by Gasteiger charge is -2.43. The summed E-state index contributed by atoms with van der Waals surface area (Å²) >= 11 is 1.35. The van der Waals surface area contributed by atoms with Crippen molar-refractivity contribution in [3.63, 3.8) is 0 Å². The predicted octanol–water partition coefficient (Wildman–Crippen LogP) is -2.45. The number of phenols is 1. The number of aliphatic carboxylic acids is 1. The summed E-state index contributed by atoms with van der Waals surface area (Å²) in [7, 11) is 0. The first-order valence-electron chi connectivity index (χ1n) is 7.71. The summed E-state index contributed by atoms with van der Waals surface area (Å²) in [5.74, 6) is -1.94. The van der Waals surface area contributed by atoms with Crippen molar-refractivity contribution in [2.75, 3.05) is 0 Å². The third kappa shape index (κ3) is 4.05. The summed E-state index contributed by atoms with van der Waals surface area (Å²) < 4.78 is -0.648. The Bertz CT molecular complexity index is 742. The largest absolute Gasteiger partial charge is 0.508 e. The molecule has 0 saturated carbocycles. The second-order valence-electron chi connectivity index (χ2n) is 6.65. The smallest absolute Gasteiger partial charge is 0.327 e. The van der Waals surface area contributed by atoms with Crippen molar-refractivity contribution in [3.8, 4) is 5.75 Å². The SMILES string of the molecule is CC1(C)S[C@@H]2[C@@H](NC(=O)[C@H](N)c3ccc(O)cc3)C(=O)N2[C@H]1C(=O)O.O.O.O. The van der Waals surface area contributed by atoms with Crippen molar-refractivity contribution >= 4 is 29.5 Å². The summed E-state index contributed by atoms with van der Waals surface area (Å²) in [6.45, 7) is 3.53. The van der Waals surface area contributed by atoms with Crippen LogP contribution in [0, 0.1) is 0 Å². The monoisotopic (exact) mass is 419 g/mol. The first-order valence-corrected chi connectivity index (χ1v) is 8.59. The van der Waals surface area contributed by atoms with Gasteiger partial charge in [-0.1, -0.05) is 12.1 Å². The van der Waals surface area contributed by atoms with Gasteiger partial charge in [-0.05, 0) is 31.5 Å². The van der Waals surface area contributed by atoms with Crippen LogP contribution in [-0.4, -0.2) is 71.5 Å². The van der Waals surface area contributed by atoms with Crippen LogP contribution in [-0.2, 0) is 14.4 Å². The van der Waals surface area contributed by atoms with Crippen molar-refractivity contribution < 1.29 is 41.0 Å². The number of phenolic OH excluding ortho intramolecular Hbond substituents is 1. The molecule has 2 fully saturated rings. The molecule has 2 saturated heterocycles. The average molecular weight is 419 g/mol. The maximum atomic E-state index is 12.3. The maximum absolute atomic E-state index is 12.3. The van der Waals surface area contributed by atoms with E-state index in [0.29, 0.717) is 5.56 Å². The number of hydrogen-bond acceptors (Lipinski definition) is 6. The van der Waals surface area contributed by atoms with Crippen molar-refractivity contribution in [2.24, 2.45) is 5.73 Å². The van der Waals surface area contributed by atoms with Gasteiger partial charge in [-0.25, -0.2) is 4.79 Å². The zero-order chi connectivity index (χ0) is 18.5. The molecule has 1 aromatic rings. The highest BCUT2D eigenvalue weighted by Gasteiger charge is 2.64. The summed E-state index contributed by atoms with van der Waals surface area (Å²) in [6.07, 6.45) is 0. The van der Waals surface area contributed by atoms with E-state index in [-0.39, 0.29) is 22.2 Å². The predicted molar refractivity (Wildman–Crippen MR) is 102 cm³/mol. The highest BCUT2D eigenvalue weighted by atomic mass is 32.2. The number of amides is 2. The van der Waals surface area contributed by atoms with Crippen molar-refractivity contribution in [1.29, 1.82) is 0 Å². The van der Waals surface area contributed by atoms with E-state index in [4.69, 9.17) is 5.73 Å². The number of carboxylic acid groups (broad SMARTS) is 1. The van der Waals surface area contributed by atoms with Crippen LogP contribution in [0.25, 0.3) is 0 Å². The van der Waals surface area contributed by atoms with E-state index < -0.39 is 46.0 Å². The number of hydrogen-bond donors (Lipinski definition) is 4. The molecular formula is C16H25N3O8S. The number of nitrogens with one attached hydrogen (secondary N) is 1. The Morgan fingerprint density at radius 1 is 1.21 bits per heavy atom. The summed E-state index contributed by atoms with van der Waals surface area (Å²) in [5, 5.41) is 20.9. The van der Waals surface area contributed by atoms with Crippen LogP contribution in [0.2, 0.25) is 0 Å². The lowest BCUT2D eigenvalue weighted by atomic mass is 9.95. The van der Waals surface area contributed by atoms with E-state index in [1.165, 1.54) is 40.9 Å². The van der Waals surface area contributed by atoms with Crippen LogP contribution < -0.4 is 11.1 Å². The third-order valence-corrected chi connectivity index (χ3v) is 6.08. The van der Waals surface area contributed by atoms with Crippen LogP contribution in [0.5, 0.6) is 5.75 Å². The van der Waals surface area contributed by atoms with E-state index in [9.17, 15) is 24.6 Å². The zero-order valence-corrected chi connectivity index (χ0v) is 16.0. The molecule has 11 N–H and O–H groups in total. The van der Waals surface area contributed by atoms with Gasteiger partial charge in [0.2, 0.25) is 11.8 Å². The third-order valence-electron chi connectivity index (χ3n) is 4.51. The minimum absolute atomic E-state index is 0. The zero-order valence-electron chi connectivity index (χ0n) is 15.2. The normalized spacial score (nSPS) is 25.0. The number of carboxylic acids is 1. The minimum Gasteiger partial charge on any atom is -0.508 e. The van der Waals surface area contributed by atoms with Gasteiger partial charge in [0, 0.05) is 4.75 Å². The average Bonchev–Trinajstić information content (AvgIpc) is 2.80. The number of carbonyl (C=O) groups excluding carboxylic acids is 2. The van der Waals surface area contributed by atoms with E-state index in [0.717, 1.165) is 0 Å². The summed E-state index contributed by atoms with van der Waals surface area (Å²) in [5.41, 5.74) is 6.41. The molecule has 0 aliphatic carbocycles. The first kappa shape index (κ1) is 25.6. The van der Waals surface area contributed by atoms with E-state index in [1.807, 2.05) is 0 Å². The summed E-state index contributed by atoms with van der Waals surface area (Å²) in [6, 6.07) is 3.21. The molecular weight excluding hydrogens is 394 g/mol. The number of thioether (sulfide) groups is 1. The number of nitrogens with zero attached hydrogens (tertiary/aromatic N) is 1. The highest BCUT2D eigenvalue weighted by Crippen LogP contribution is 2.50. The molecule has 2 amide bonds. The molecule has 2 aliphatic heterocycles. The lowest BCUT2D eigenvalue weighted by Crippen LogP contribution is -2.71. The van der Waals surface area contributed by atoms with Crippen LogP contribution in [0.4, 0.5) is 0 Å². The molecule has 3 rings (SSSR count). The van der Waals surface area contributed by atoms with E-state index >= 15 is 0 Å². The second kappa shape index (κ2) is 8.75. The molecule has 28 heavy (non-hydrogen) atoms. The van der Waals surface area contributed by atoms with Gasteiger partial charge in [0.15, 0.2) is 0 Å². The fourth-order valence-corrected chi connectivity index (χ4v) is 4.85. The Balaban J connectivity index is 0.00000243. The molecule has 2 aliphatic rings. The summed E-state index contributed by atoms with van der Waals surface area (Å²) in [4.78, 5) is 37.5. The van der Waals surface area contributed by atoms with Gasteiger partial charge >= 0.3 is 5.97 Å². The molecule has 0 bridgehead atoms. The maximum Gasteiger partial charge on any atom is 0.327 e. The van der Waals surface area contributed by atoms with Crippen LogP contribution in [0.1, 0.15) is 25.5 Å². The lowest BCUT2D eigenvalue weighted by molar-refractivity contribution is -0.161. The van der Waals surface area contributed by atoms with Crippen LogP contribution in [0.15, 0.2) is 24.3 Å². The number of aromatic hydroxyl groups is 1. The van der Waals surface area contributed by atoms with Crippen LogP contribution in [0.3, 0.4) is 0 Å². The number of nitrogens with two attached hydrogens (primary N) is 1. The molecule has 1 aromatic carbocycles. The Labute approximate surface area is 164 Å². The van der Waals surface area contributed by atoms with Gasteiger partial charge in [0.1, 0.15) is 29.2 Å². The van der Waals surface area contributed by atoms with Gasteiger partial charge in [-0.15, -0.1) is 11.8 Å². The number of rotatable bonds is 4. The van der Waals surface area contributed by atoms with Gasteiger partial charge < -0.3 is 42.6 Å². The molecule has 2 heterocycles.